The molecule has 1 aromatic heterocycles. The van der Waals surface area contributed by atoms with Gasteiger partial charge in [-0.1, -0.05) is 30.3 Å². The first-order valence-corrected chi connectivity index (χ1v) is 7.71. The number of anilines is 1. The Morgan fingerprint density at radius 3 is 2.30 bits per heavy atom. The van der Waals surface area contributed by atoms with Gasteiger partial charge in [0.2, 0.25) is 0 Å². The summed E-state index contributed by atoms with van der Waals surface area (Å²) in [6.07, 6.45) is 5.40. The van der Waals surface area contributed by atoms with Crippen LogP contribution in [0, 0.1) is 11.3 Å². The van der Waals surface area contributed by atoms with E-state index in [1.807, 2.05) is 38.4 Å². The molecule has 5 heteroatoms. The molecule has 0 radical (unpaired) electrons. The van der Waals surface area contributed by atoms with Crippen LogP contribution in [0.5, 0.6) is 0 Å². The highest BCUT2D eigenvalue weighted by Crippen LogP contribution is 2.25. The zero-order valence-corrected chi connectivity index (χ0v) is 13.7. The summed E-state index contributed by atoms with van der Waals surface area (Å²) in [5.41, 5.74) is 1.42. The first-order valence-electron chi connectivity index (χ1n) is 6.90. The molecule has 0 saturated carbocycles. The Morgan fingerprint density at radius 1 is 1.13 bits per heavy atom. The average Bonchev–Trinajstić information content (AvgIpc) is 3.00. The predicted molar refractivity (Wildman–Crippen MR) is 95.2 cm³/mol. The minimum absolute atomic E-state index is 0.275. The van der Waals surface area contributed by atoms with Gasteiger partial charge in [-0.05, 0) is 35.4 Å². The third-order valence-electron chi connectivity index (χ3n) is 3.09. The maximum atomic E-state index is 10.8. The Labute approximate surface area is 139 Å². The number of carbonyl (C=O) groups is 1. The summed E-state index contributed by atoms with van der Waals surface area (Å²) in [5, 5.41) is 18.8. The summed E-state index contributed by atoms with van der Waals surface area (Å²) in [5.74, 6) is -1.22. The van der Waals surface area contributed by atoms with Crippen LogP contribution in [0.25, 0.3) is 18.2 Å². The van der Waals surface area contributed by atoms with Crippen molar-refractivity contribution in [3.8, 4) is 6.07 Å². The van der Waals surface area contributed by atoms with E-state index >= 15 is 0 Å². The fraction of sp³-hybridized carbons (Fsp3) is 0.111. The molecule has 0 amide bonds. The van der Waals surface area contributed by atoms with Crippen LogP contribution < -0.4 is 4.90 Å². The number of rotatable bonds is 5. The van der Waals surface area contributed by atoms with Crippen LogP contribution >= 0.6 is 11.3 Å². The van der Waals surface area contributed by atoms with Crippen LogP contribution in [-0.2, 0) is 4.79 Å². The van der Waals surface area contributed by atoms with Gasteiger partial charge in [-0.3, -0.25) is 0 Å². The van der Waals surface area contributed by atoms with E-state index in [9.17, 15) is 4.79 Å². The third-order valence-corrected chi connectivity index (χ3v) is 4.31. The summed E-state index contributed by atoms with van der Waals surface area (Å²) in [6, 6.07) is 13.2. The van der Waals surface area contributed by atoms with Gasteiger partial charge in [0, 0.05) is 19.0 Å². The van der Waals surface area contributed by atoms with E-state index in [-0.39, 0.29) is 5.57 Å². The van der Waals surface area contributed by atoms with Crippen molar-refractivity contribution in [2.75, 3.05) is 19.0 Å². The SMILES string of the molecule is CN(C)c1ccc(C=Cc2ccc(C=C(C#N)C(=O)O)cc2)s1. The molecule has 0 unspecified atom stereocenters. The van der Waals surface area contributed by atoms with E-state index in [1.54, 1.807) is 29.5 Å². The van der Waals surface area contributed by atoms with Gasteiger partial charge in [0.15, 0.2) is 0 Å². The smallest absolute Gasteiger partial charge is 0.346 e. The monoisotopic (exact) mass is 324 g/mol. The highest BCUT2D eigenvalue weighted by atomic mass is 32.1. The molecule has 1 heterocycles. The van der Waals surface area contributed by atoms with E-state index in [0.717, 1.165) is 10.4 Å². The molecule has 0 saturated heterocycles. The van der Waals surface area contributed by atoms with Crippen LogP contribution in [0.15, 0.2) is 42.0 Å². The Balaban J connectivity index is 2.12. The second kappa shape index (κ2) is 7.43. The molecule has 0 fully saturated rings. The molecule has 116 valence electrons. The van der Waals surface area contributed by atoms with Crippen LogP contribution in [0.4, 0.5) is 5.00 Å². The number of benzene rings is 1. The van der Waals surface area contributed by atoms with E-state index in [2.05, 4.69) is 17.0 Å². The van der Waals surface area contributed by atoms with E-state index in [4.69, 9.17) is 10.4 Å². The van der Waals surface area contributed by atoms with Crippen molar-refractivity contribution in [3.05, 3.63) is 58.0 Å². The maximum absolute atomic E-state index is 10.8. The predicted octanol–water partition coefficient (Wildman–Crippen LogP) is 3.98. The standard InChI is InChI=1S/C18H16N2O2S/c1-20(2)17-10-9-16(23-17)8-7-13-3-5-14(6-4-13)11-15(12-19)18(21)22/h3-11H,1-2H3,(H,21,22). The van der Waals surface area contributed by atoms with Gasteiger partial charge in [0.1, 0.15) is 11.6 Å². The molecule has 2 aromatic rings. The molecular formula is C18H16N2O2S. The van der Waals surface area contributed by atoms with Crippen molar-refractivity contribution in [2.45, 2.75) is 0 Å². The normalized spacial score (nSPS) is 11.4. The summed E-state index contributed by atoms with van der Waals surface area (Å²) >= 11 is 1.71. The number of carboxylic acids is 1. The van der Waals surface area contributed by atoms with Gasteiger partial charge in [-0.25, -0.2) is 4.79 Å². The number of hydrogen-bond donors (Lipinski definition) is 1. The first-order chi connectivity index (χ1) is 11.0. The van der Waals surface area contributed by atoms with Crippen molar-refractivity contribution in [1.29, 1.82) is 5.26 Å². The Bertz CT molecular complexity index is 793. The fourth-order valence-corrected chi connectivity index (χ4v) is 2.69. The summed E-state index contributed by atoms with van der Waals surface area (Å²) < 4.78 is 0. The highest BCUT2D eigenvalue weighted by Gasteiger charge is 2.05. The lowest BCUT2D eigenvalue weighted by Gasteiger charge is -2.06. The van der Waals surface area contributed by atoms with Crippen LogP contribution in [0.1, 0.15) is 16.0 Å². The zero-order chi connectivity index (χ0) is 16.8. The molecule has 0 atom stereocenters. The molecule has 0 spiro atoms. The molecule has 4 nitrogen and oxygen atoms in total. The van der Waals surface area contributed by atoms with E-state index < -0.39 is 5.97 Å². The zero-order valence-electron chi connectivity index (χ0n) is 12.9. The average molecular weight is 324 g/mol. The van der Waals surface area contributed by atoms with Gasteiger partial charge in [-0.15, -0.1) is 11.3 Å². The van der Waals surface area contributed by atoms with Crippen LogP contribution in [0.3, 0.4) is 0 Å². The largest absolute Gasteiger partial charge is 0.477 e. The van der Waals surface area contributed by atoms with Crippen LogP contribution in [0.2, 0.25) is 0 Å². The molecule has 1 N–H and O–H groups in total. The van der Waals surface area contributed by atoms with Gasteiger partial charge in [0.05, 0.1) is 5.00 Å². The number of nitrogens with zero attached hydrogens (tertiary/aromatic N) is 2. The minimum atomic E-state index is -1.22. The Kier molecular flexibility index (Phi) is 5.34. The van der Waals surface area contributed by atoms with Crippen molar-refractivity contribution >= 4 is 40.5 Å². The van der Waals surface area contributed by atoms with Gasteiger partial charge >= 0.3 is 5.97 Å². The third kappa shape index (κ3) is 4.56. The second-order valence-corrected chi connectivity index (χ2v) is 6.14. The lowest BCUT2D eigenvalue weighted by atomic mass is 10.1. The lowest BCUT2D eigenvalue weighted by molar-refractivity contribution is -0.132. The molecule has 0 aliphatic heterocycles. The Hall–Kier alpha value is -2.84. The summed E-state index contributed by atoms with van der Waals surface area (Å²) in [6.45, 7) is 0. The lowest BCUT2D eigenvalue weighted by Crippen LogP contribution is -2.05. The fourth-order valence-electron chi connectivity index (χ4n) is 1.86. The highest BCUT2D eigenvalue weighted by molar-refractivity contribution is 7.16. The number of thiophene rings is 1. The minimum Gasteiger partial charge on any atom is -0.477 e. The molecule has 2 rings (SSSR count). The van der Waals surface area contributed by atoms with E-state index in [0.29, 0.717) is 5.56 Å². The van der Waals surface area contributed by atoms with Crippen molar-refractivity contribution in [2.24, 2.45) is 0 Å². The summed E-state index contributed by atoms with van der Waals surface area (Å²) in [4.78, 5) is 14.0. The molecule has 1 aromatic carbocycles. The van der Waals surface area contributed by atoms with Crippen molar-refractivity contribution in [1.82, 2.24) is 0 Å². The number of hydrogen-bond acceptors (Lipinski definition) is 4. The summed E-state index contributed by atoms with van der Waals surface area (Å²) in [7, 11) is 4.02. The maximum Gasteiger partial charge on any atom is 0.346 e. The number of nitriles is 1. The number of aliphatic carboxylic acids is 1. The van der Waals surface area contributed by atoms with Crippen molar-refractivity contribution < 1.29 is 9.90 Å². The molecule has 0 bridgehead atoms. The number of carboxylic acid groups (broad SMARTS) is 1. The second-order valence-electron chi connectivity index (χ2n) is 5.05. The van der Waals surface area contributed by atoms with Crippen molar-refractivity contribution in [3.63, 3.8) is 0 Å². The molecule has 23 heavy (non-hydrogen) atoms. The first kappa shape index (κ1) is 16.5. The van der Waals surface area contributed by atoms with Gasteiger partial charge < -0.3 is 10.0 Å². The molecule has 0 aliphatic rings. The van der Waals surface area contributed by atoms with Crippen LogP contribution in [-0.4, -0.2) is 25.2 Å². The van der Waals surface area contributed by atoms with Gasteiger partial charge in [-0.2, -0.15) is 5.26 Å². The topological polar surface area (TPSA) is 64.3 Å². The van der Waals surface area contributed by atoms with Gasteiger partial charge in [0.25, 0.3) is 0 Å². The molecule has 0 aliphatic carbocycles. The molecular weight excluding hydrogens is 308 g/mol. The van der Waals surface area contributed by atoms with E-state index in [1.165, 1.54) is 11.1 Å². The Morgan fingerprint density at radius 2 is 1.78 bits per heavy atom. The quantitative estimate of drug-likeness (QED) is 0.667.